The van der Waals surface area contributed by atoms with E-state index in [-0.39, 0.29) is 0 Å². The first-order valence-electron chi connectivity index (χ1n) is 6.72. The molecule has 0 aliphatic carbocycles. The van der Waals surface area contributed by atoms with E-state index in [0.29, 0.717) is 0 Å². The molecule has 0 spiro atoms. The van der Waals surface area contributed by atoms with Crippen LogP contribution in [-0.2, 0) is 5.60 Å². The van der Waals surface area contributed by atoms with Gasteiger partial charge in [-0.05, 0) is 36.4 Å². The second-order valence-electron chi connectivity index (χ2n) is 5.34. The SMILES string of the molecule is Cc1cccc(C(C)(O)c2cccc3ccncc23)c1. The van der Waals surface area contributed by atoms with Crippen LogP contribution in [0.15, 0.2) is 60.9 Å². The first-order valence-corrected chi connectivity index (χ1v) is 6.72. The highest BCUT2D eigenvalue weighted by Crippen LogP contribution is 2.34. The number of aliphatic hydroxyl groups is 1. The molecule has 2 aromatic carbocycles. The van der Waals surface area contributed by atoms with Gasteiger partial charge in [0.2, 0.25) is 0 Å². The minimum absolute atomic E-state index is 0.883. The van der Waals surface area contributed by atoms with Gasteiger partial charge in [0.1, 0.15) is 5.60 Å². The van der Waals surface area contributed by atoms with E-state index in [1.54, 1.807) is 6.20 Å². The highest BCUT2D eigenvalue weighted by molar-refractivity contribution is 5.86. The summed E-state index contributed by atoms with van der Waals surface area (Å²) in [7, 11) is 0. The molecule has 20 heavy (non-hydrogen) atoms. The second-order valence-corrected chi connectivity index (χ2v) is 5.34. The molecule has 3 aromatic rings. The number of rotatable bonds is 2. The fraction of sp³-hybridized carbons (Fsp3) is 0.167. The van der Waals surface area contributed by atoms with E-state index in [2.05, 4.69) is 4.98 Å². The molecule has 0 radical (unpaired) electrons. The van der Waals surface area contributed by atoms with Crippen LogP contribution in [0, 0.1) is 6.92 Å². The van der Waals surface area contributed by atoms with Gasteiger partial charge >= 0.3 is 0 Å². The molecule has 1 N–H and O–H groups in total. The predicted molar refractivity (Wildman–Crippen MR) is 81.6 cm³/mol. The van der Waals surface area contributed by atoms with Gasteiger partial charge in [0.15, 0.2) is 0 Å². The summed E-state index contributed by atoms with van der Waals surface area (Å²) in [4.78, 5) is 4.19. The highest BCUT2D eigenvalue weighted by Gasteiger charge is 2.27. The van der Waals surface area contributed by atoms with Crippen LogP contribution in [0.3, 0.4) is 0 Å². The topological polar surface area (TPSA) is 33.1 Å². The molecule has 1 unspecified atom stereocenters. The zero-order valence-electron chi connectivity index (χ0n) is 11.7. The van der Waals surface area contributed by atoms with Crippen LogP contribution in [0.4, 0.5) is 0 Å². The third-order valence-corrected chi connectivity index (χ3v) is 3.79. The van der Waals surface area contributed by atoms with E-state index in [1.807, 2.05) is 68.6 Å². The fourth-order valence-corrected chi connectivity index (χ4v) is 2.64. The molecule has 1 heterocycles. The number of benzene rings is 2. The quantitative estimate of drug-likeness (QED) is 0.763. The lowest BCUT2D eigenvalue weighted by molar-refractivity contribution is 0.104. The van der Waals surface area contributed by atoms with Gasteiger partial charge in [-0.25, -0.2) is 0 Å². The number of nitrogens with zero attached hydrogens (tertiary/aromatic N) is 1. The molecule has 0 fully saturated rings. The first-order chi connectivity index (χ1) is 9.59. The Bertz CT molecular complexity index is 757. The molecule has 0 aliphatic rings. The van der Waals surface area contributed by atoms with Crippen LogP contribution >= 0.6 is 0 Å². The Balaban J connectivity index is 2.23. The van der Waals surface area contributed by atoms with E-state index < -0.39 is 5.60 Å². The van der Waals surface area contributed by atoms with Crippen LogP contribution < -0.4 is 0 Å². The normalized spacial score (nSPS) is 14.2. The van der Waals surface area contributed by atoms with Gasteiger partial charge in [0.05, 0.1) is 0 Å². The van der Waals surface area contributed by atoms with Crippen molar-refractivity contribution in [3.8, 4) is 0 Å². The van der Waals surface area contributed by atoms with Crippen molar-refractivity contribution in [2.24, 2.45) is 0 Å². The molecule has 0 saturated heterocycles. The smallest absolute Gasteiger partial charge is 0.112 e. The number of hydrogen-bond donors (Lipinski definition) is 1. The minimum atomic E-state index is -1.03. The molecule has 1 aromatic heterocycles. The molecule has 0 aliphatic heterocycles. The Labute approximate surface area is 118 Å². The van der Waals surface area contributed by atoms with Gasteiger partial charge in [-0.2, -0.15) is 0 Å². The average Bonchev–Trinajstić information content (AvgIpc) is 2.46. The Kier molecular flexibility index (Phi) is 3.03. The number of aryl methyl sites for hydroxylation is 1. The molecule has 0 bridgehead atoms. The Morgan fingerprint density at radius 1 is 1.05 bits per heavy atom. The number of aromatic nitrogens is 1. The lowest BCUT2D eigenvalue weighted by Crippen LogP contribution is -2.23. The van der Waals surface area contributed by atoms with Crippen LogP contribution in [-0.4, -0.2) is 10.1 Å². The van der Waals surface area contributed by atoms with Crippen LogP contribution in [0.2, 0.25) is 0 Å². The van der Waals surface area contributed by atoms with Gasteiger partial charge in [-0.15, -0.1) is 0 Å². The molecular weight excluding hydrogens is 246 g/mol. The summed E-state index contributed by atoms with van der Waals surface area (Å²) < 4.78 is 0. The van der Waals surface area contributed by atoms with Crippen molar-refractivity contribution in [2.75, 3.05) is 0 Å². The van der Waals surface area contributed by atoms with Crippen LogP contribution in [0.5, 0.6) is 0 Å². The maximum atomic E-state index is 11.1. The fourth-order valence-electron chi connectivity index (χ4n) is 2.64. The third-order valence-electron chi connectivity index (χ3n) is 3.79. The van der Waals surface area contributed by atoms with E-state index in [9.17, 15) is 5.11 Å². The monoisotopic (exact) mass is 263 g/mol. The summed E-state index contributed by atoms with van der Waals surface area (Å²) in [5.74, 6) is 0. The van der Waals surface area contributed by atoms with Crippen molar-refractivity contribution in [1.82, 2.24) is 4.98 Å². The lowest BCUT2D eigenvalue weighted by atomic mass is 9.85. The number of fused-ring (bicyclic) bond motifs is 1. The zero-order chi connectivity index (χ0) is 14.2. The van der Waals surface area contributed by atoms with Crippen molar-refractivity contribution in [1.29, 1.82) is 0 Å². The Morgan fingerprint density at radius 3 is 2.65 bits per heavy atom. The van der Waals surface area contributed by atoms with E-state index in [0.717, 1.165) is 27.5 Å². The summed E-state index contributed by atoms with van der Waals surface area (Å²) in [6.45, 7) is 3.87. The molecule has 2 nitrogen and oxygen atoms in total. The maximum Gasteiger partial charge on any atom is 0.112 e. The highest BCUT2D eigenvalue weighted by atomic mass is 16.3. The second kappa shape index (κ2) is 4.73. The van der Waals surface area contributed by atoms with Gasteiger partial charge < -0.3 is 5.11 Å². The van der Waals surface area contributed by atoms with E-state index >= 15 is 0 Å². The molecule has 100 valence electrons. The van der Waals surface area contributed by atoms with Gasteiger partial charge in [0.25, 0.3) is 0 Å². The van der Waals surface area contributed by atoms with E-state index in [4.69, 9.17) is 0 Å². The third kappa shape index (κ3) is 2.08. The molecule has 1 atom stereocenters. The minimum Gasteiger partial charge on any atom is -0.381 e. The largest absolute Gasteiger partial charge is 0.381 e. The van der Waals surface area contributed by atoms with Crippen molar-refractivity contribution in [3.63, 3.8) is 0 Å². The molecule has 0 amide bonds. The Morgan fingerprint density at radius 2 is 1.85 bits per heavy atom. The predicted octanol–water partition coefficient (Wildman–Crippen LogP) is 3.80. The van der Waals surface area contributed by atoms with Gasteiger partial charge in [-0.1, -0.05) is 48.0 Å². The van der Waals surface area contributed by atoms with Gasteiger partial charge in [-0.3, -0.25) is 4.98 Å². The van der Waals surface area contributed by atoms with Crippen molar-refractivity contribution in [2.45, 2.75) is 19.4 Å². The number of hydrogen-bond acceptors (Lipinski definition) is 2. The summed E-state index contributed by atoms with van der Waals surface area (Å²) in [5.41, 5.74) is 1.89. The standard InChI is InChI=1S/C18H17NO/c1-13-5-3-7-15(11-13)18(2,20)17-8-4-6-14-9-10-19-12-16(14)17/h3-12,20H,1-2H3. The summed E-state index contributed by atoms with van der Waals surface area (Å²) >= 11 is 0. The van der Waals surface area contributed by atoms with Crippen molar-refractivity contribution >= 4 is 10.8 Å². The molecule has 2 heteroatoms. The lowest BCUT2D eigenvalue weighted by Gasteiger charge is -2.26. The summed E-state index contributed by atoms with van der Waals surface area (Å²) in [6, 6.07) is 15.9. The van der Waals surface area contributed by atoms with Crippen molar-refractivity contribution < 1.29 is 5.11 Å². The molecule has 0 saturated carbocycles. The molecule has 3 rings (SSSR count). The summed E-state index contributed by atoms with van der Waals surface area (Å²) in [6.07, 6.45) is 3.59. The van der Waals surface area contributed by atoms with Crippen LogP contribution in [0.25, 0.3) is 10.8 Å². The summed E-state index contributed by atoms with van der Waals surface area (Å²) in [5, 5.41) is 13.1. The van der Waals surface area contributed by atoms with Crippen molar-refractivity contribution in [3.05, 3.63) is 77.6 Å². The Hall–Kier alpha value is -2.19. The number of pyridine rings is 1. The first kappa shape index (κ1) is 12.8. The molecular formula is C18H17NO. The zero-order valence-corrected chi connectivity index (χ0v) is 11.7. The average molecular weight is 263 g/mol. The van der Waals surface area contributed by atoms with Gasteiger partial charge in [0, 0.05) is 17.8 Å². The maximum absolute atomic E-state index is 11.1. The van der Waals surface area contributed by atoms with Crippen LogP contribution in [0.1, 0.15) is 23.6 Å². The van der Waals surface area contributed by atoms with E-state index in [1.165, 1.54) is 0 Å².